The average Bonchev–Trinajstić information content (AvgIpc) is 2.72. The van der Waals surface area contributed by atoms with E-state index in [-0.39, 0.29) is 11.3 Å². The van der Waals surface area contributed by atoms with Crippen molar-refractivity contribution < 1.29 is 4.79 Å². The van der Waals surface area contributed by atoms with Gasteiger partial charge in [0.05, 0.1) is 5.69 Å². The molecule has 0 aliphatic carbocycles. The number of carbonyl (C=O) groups excluding carboxylic acids is 1. The second kappa shape index (κ2) is 5.03. The van der Waals surface area contributed by atoms with Crippen LogP contribution in [0, 0.1) is 12.3 Å². The molecule has 2 aromatic rings. The number of imidazole rings is 1. The third kappa shape index (κ3) is 3.13. The first-order chi connectivity index (χ1) is 8.88. The van der Waals surface area contributed by atoms with Crippen molar-refractivity contribution >= 4 is 11.6 Å². The fraction of sp³-hybridized carbons (Fsp3) is 0.467. The van der Waals surface area contributed by atoms with Crippen LogP contribution < -0.4 is 5.32 Å². The zero-order valence-electron chi connectivity index (χ0n) is 12.0. The molecule has 4 heteroatoms. The van der Waals surface area contributed by atoms with E-state index in [9.17, 15) is 4.79 Å². The summed E-state index contributed by atoms with van der Waals surface area (Å²) in [6, 6.07) is 6.05. The molecule has 1 N–H and O–H groups in total. The second-order valence-electron chi connectivity index (χ2n) is 5.88. The van der Waals surface area contributed by atoms with E-state index in [0.29, 0.717) is 6.54 Å². The molecule has 0 aromatic carbocycles. The summed E-state index contributed by atoms with van der Waals surface area (Å²) in [6.45, 7) is 8.42. The summed E-state index contributed by atoms with van der Waals surface area (Å²) in [6.07, 6.45) is 2.79. The molecular formula is C15H21N3O. The number of pyridine rings is 1. The van der Waals surface area contributed by atoms with Crippen LogP contribution in [0.4, 0.5) is 0 Å². The van der Waals surface area contributed by atoms with Gasteiger partial charge in [0, 0.05) is 30.3 Å². The molecule has 2 heterocycles. The quantitative estimate of drug-likeness (QED) is 0.919. The summed E-state index contributed by atoms with van der Waals surface area (Å²) in [7, 11) is 0. The summed E-state index contributed by atoms with van der Waals surface area (Å²) in [5.41, 5.74) is 2.78. The van der Waals surface area contributed by atoms with Gasteiger partial charge in [0.1, 0.15) is 5.65 Å². The van der Waals surface area contributed by atoms with Gasteiger partial charge in [-0.25, -0.2) is 4.98 Å². The van der Waals surface area contributed by atoms with Gasteiger partial charge in [0.25, 0.3) is 0 Å². The van der Waals surface area contributed by atoms with Crippen molar-refractivity contribution in [2.75, 3.05) is 6.54 Å². The number of fused-ring (bicyclic) bond motifs is 1. The lowest BCUT2D eigenvalue weighted by molar-refractivity contribution is -0.128. The number of hydrogen-bond donors (Lipinski definition) is 1. The smallest absolute Gasteiger partial charge is 0.225 e. The van der Waals surface area contributed by atoms with E-state index >= 15 is 0 Å². The predicted octanol–water partition coefficient (Wildman–Crippen LogP) is 2.35. The van der Waals surface area contributed by atoms with Gasteiger partial charge in [-0.05, 0) is 19.1 Å². The van der Waals surface area contributed by atoms with Crippen LogP contribution in [0.5, 0.6) is 0 Å². The molecule has 0 aliphatic rings. The Kier molecular flexibility index (Phi) is 3.60. The minimum atomic E-state index is -0.338. The molecule has 0 saturated carbocycles. The van der Waals surface area contributed by atoms with Crippen LogP contribution in [0.2, 0.25) is 0 Å². The minimum absolute atomic E-state index is 0.0763. The van der Waals surface area contributed by atoms with Gasteiger partial charge >= 0.3 is 0 Å². The normalized spacial score (nSPS) is 11.8. The van der Waals surface area contributed by atoms with Crippen molar-refractivity contribution in [3.05, 3.63) is 35.8 Å². The zero-order chi connectivity index (χ0) is 14.0. The van der Waals surface area contributed by atoms with Crippen LogP contribution in [0.25, 0.3) is 5.65 Å². The maximum Gasteiger partial charge on any atom is 0.225 e. The lowest BCUT2D eigenvalue weighted by Crippen LogP contribution is -2.35. The number of nitrogens with zero attached hydrogens (tertiary/aromatic N) is 2. The summed E-state index contributed by atoms with van der Waals surface area (Å²) in [5, 5.41) is 2.94. The van der Waals surface area contributed by atoms with Crippen molar-refractivity contribution in [1.29, 1.82) is 0 Å². The van der Waals surface area contributed by atoms with Crippen molar-refractivity contribution in [3.63, 3.8) is 0 Å². The van der Waals surface area contributed by atoms with Crippen LogP contribution in [0.15, 0.2) is 24.4 Å². The molecule has 0 spiro atoms. The lowest BCUT2D eigenvalue weighted by atomic mass is 9.96. The average molecular weight is 259 g/mol. The second-order valence-corrected chi connectivity index (χ2v) is 5.88. The number of carbonyl (C=O) groups is 1. The van der Waals surface area contributed by atoms with Crippen molar-refractivity contribution in [2.45, 2.75) is 34.1 Å². The number of amides is 1. The molecule has 19 heavy (non-hydrogen) atoms. The van der Waals surface area contributed by atoms with Crippen LogP contribution in [-0.4, -0.2) is 21.8 Å². The topological polar surface area (TPSA) is 46.4 Å². The van der Waals surface area contributed by atoms with E-state index in [1.54, 1.807) is 0 Å². The highest BCUT2D eigenvalue weighted by atomic mass is 16.2. The summed E-state index contributed by atoms with van der Waals surface area (Å²) >= 11 is 0. The molecule has 2 aromatic heterocycles. The fourth-order valence-corrected chi connectivity index (χ4v) is 1.89. The largest absolute Gasteiger partial charge is 0.355 e. The zero-order valence-corrected chi connectivity index (χ0v) is 12.0. The first-order valence-electron chi connectivity index (χ1n) is 6.60. The van der Waals surface area contributed by atoms with Crippen molar-refractivity contribution in [1.82, 2.24) is 14.7 Å². The number of aryl methyl sites for hydroxylation is 1. The first kappa shape index (κ1) is 13.6. The number of aromatic nitrogens is 2. The number of nitrogens with one attached hydrogen (secondary N) is 1. The third-order valence-corrected chi connectivity index (χ3v) is 3.09. The van der Waals surface area contributed by atoms with Crippen molar-refractivity contribution in [2.24, 2.45) is 5.41 Å². The highest BCUT2D eigenvalue weighted by Crippen LogP contribution is 2.12. The standard InChI is InChI=1S/C15H21N3O/c1-11-6-5-7-13-17-12(10-18(11)13)8-9-16-14(19)15(2,3)4/h5-7,10H,8-9H2,1-4H3,(H,16,19). The molecule has 0 unspecified atom stereocenters. The summed E-state index contributed by atoms with van der Waals surface area (Å²) in [5.74, 6) is 0.0763. The molecule has 1 amide bonds. The van der Waals surface area contributed by atoms with Gasteiger partial charge in [0.2, 0.25) is 5.91 Å². The molecule has 2 rings (SSSR count). The van der Waals surface area contributed by atoms with Crippen LogP contribution in [0.3, 0.4) is 0 Å². The van der Waals surface area contributed by atoms with E-state index in [4.69, 9.17) is 0 Å². The first-order valence-corrected chi connectivity index (χ1v) is 6.60. The van der Waals surface area contributed by atoms with E-state index in [0.717, 1.165) is 23.5 Å². The SMILES string of the molecule is Cc1cccc2nc(CCNC(=O)C(C)(C)C)cn12. The molecule has 0 fully saturated rings. The fourth-order valence-electron chi connectivity index (χ4n) is 1.89. The van der Waals surface area contributed by atoms with E-state index in [2.05, 4.69) is 27.7 Å². The van der Waals surface area contributed by atoms with Gasteiger partial charge < -0.3 is 9.72 Å². The van der Waals surface area contributed by atoms with E-state index < -0.39 is 0 Å². The van der Waals surface area contributed by atoms with Gasteiger partial charge in [-0.1, -0.05) is 26.8 Å². The molecule has 0 saturated heterocycles. The van der Waals surface area contributed by atoms with Crippen LogP contribution in [0.1, 0.15) is 32.2 Å². The maximum atomic E-state index is 11.7. The molecule has 0 aliphatic heterocycles. The Morgan fingerprint density at radius 2 is 2.11 bits per heavy atom. The Bertz CT molecular complexity index is 593. The summed E-state index contributed by atoms with van der Waals surface area (Å²) < 4.78 is 2.07. The Hall–Kier alpha value is -1.84. The Balaban J connectivity index is 1.99. The lowest BCUT2D eigenvalue weighted by Gasteiger charge is -2.17. The van der Waals surface area contributed by atoms with Gasteiger partial charge in [0.15, 0.2) is 0 Å². The van der Waals surface area contributed by atoms with Gasteiger partial charge in [-0.15, -0.1) is 0 Å². The van der Waals surface area contributed by atoms with E-state index in [1.165, 1.54) is 0 Å². The Labute approximate surface area is 113 Å². The molecule has 4 nitrogen and oxygen atoms in total. The molecule has 102 valence electrons. The predicted molar refractivity (Wildman–Crippen MR) is 76.1 cm³/mol. The molecule has 0 radical (unpaired) electrons. The summed E-state index contributed by atoms with van der Waals surface area (Å²) in [4.78, 5) is 16.3. The minimum Gasteiger partial charge on any atom is -0.355 e. The number of hydrogen-bond acceptors (Lipinski definition) is 2. The Morgan fingerprint density at radius 1 is 1.37 bits per heavy atom. The van der Waals surface area contributed by atoms with Gasteiger partial charge in [-0.2, -0.15) is 0 Å². The Morgan fingerprint density at radius 3 is 2.74 bits per heavy atom. The maximum absolute atomic E-state index is 11.7. The van der Waals surface area contributed by atoms with Gasteiger partial charge in [-0.3, -0.25) is 4.79 Å². The highest BCUT2D eigenvalue weighted by molar-refractivity contribution is 5.81. The van der Waals surface area contributed by atoms with Crippen LogP contribution in [-0.2, 0) is 11.2 Å². The molecular weight excluding hydrogens is 238 g/mol. The number of rotatable bonds is 3. The van der Waals surface area contributed by atoms with Crippen molar-refractivity contribution in [3.8, 4) is 0 Å². The monoisotopic (exact) mass is 259 g/mol. The molecule has 0 atom stereocenters. The van der Waals surface area contributed by atoms with Crippen LogP contribution >= 0.6 is 0 Å². The van der Waals surface area contributed by atoms with E-state index in [1.807, 2.05) is 39.1 Å². The molecule has 0 bridgehead atoms. The third-order valence-electron chi connectivity index (χ3n) is 3.09. The highest BCUT2D eigenvalue weighted by Gasteiger charge is 2.20.